The summed E-state index contributed by atoms with van der Waals surface area (Å²) in [6.45, 7) is 1.36. The lowest BCUT2D eigenvalue weighted by atomic mass is 9.53. The van der Waals surface area contributed by atoms with E-state index in [1.165, 1.54) is 45.1 Å². The van der Waals surface area contributed by atoms with Gasteiger partial charge in [-0.15, -0.1) is 0 Å². The van der Waals surface area contributed by atoms with Crippen LogP contribution in [-0.4, -0.2) is 31.1 Å². The highest BCUT2D eigenvalue weighted by atomic mass is 32.2. The number of quaternary nitrogens is 1. The van der Waals surface area contributed by atoms with E-state index in [0.717, 1.165) is 12.0 Å². The SMILES string of the molecule is O=S(=O)([O-])C(F)(F)F.c1ccc2c(c1)C[C@H]1[NH2+]CC[C@@]23CCCC[C@@H]13. The second kappa shape index (κ2) is 6.55. The van der Waals surface area contributed by atoms with Gasteiger partial charge < -0.3 is 9.87 Å². The molecule has 2 bridgehead atoms. The minimum absolute atomic E-state index is 0.576. The number of nitrogens with two attached hydrogens (primary N) is 1. The Balaban J connectivity index is 0.000000197. The molecule has 0 unspecified atom stereocenters. The molecule has 8 heteroatoms. The monoisotopic (exact) mass is 377 g/mol. The number of alkyl halides is 3. The summed E-state index contributed by atoms with van der Waals surface area (Å²) in [4.78, 5) is 0. The summed E-state index contributed by atoms with van der Waals surface area (Å²) in [5.74, 6) is 0.972. The molecular weight excluding hydrogens is 355 g/mol. The van der Waals surface area contributed by atoms with E-state index in [-0.39, 0.29) is 0 Å². The minimum Gasteiger partial charge on any atom is -0.741 e. The minimum atomic E-state index is -6.09. The van der Waals surface area contributed by atoms with Crippen LogP contribution >= 0.6 is 0 Å². The van der Waals surface area contributed by atoms with E-state index in [0.29, 0.717) is 5.41 Å². The summed E-state index contributed by atoms with van der Waals surface area (Å²) in [5, 5.41) is 2.64. The summed E-state index contributed by atoms with van der Waals surface area (Å²) in [5.41, 5.74) is -1.68. The topological polar surface area (TPSA) is 73.8 Å². The van der Waals surface area contributed by atoms with Crippen LogP contribution in [0.4, 0.5) is 13.2 Å². The van der Waals surface area contributed by atoms with Crippen LogP contribution in [0.2, 0.25) is 0 Å². The largest absolute Gasteiger partial charge is 0.741 e. The number of halogens is 3. The Kier molecular flexibility index (Phi) is 4.89. The molecule has 2 aliphatic carbocycles. The first-order valence-electron chi connectivity index (χ1n) is 8.59. The number of fused-ring (bicyclic) bond motifs is 1. The third kappa shape index (κ3) is 3.44. The number of hydrogen-bond acceptors (Lipinski definition) is 3. The van der Waals surface area contributed by atoms with E-state index in [9.17, 15) is 13.2 Å². The standard InChI is InChI=1S/C16H21N.CHF3O3S/c1-2-6-13-12(5-1)11-15-14-7-3-4-8-16(13,14)9-10-17-15;2-1(3,4)8(5,6)7/h1-2,5-6,14-15,17H,3-4,7-11H2;(H,5,6,7)/t14-,15+,16-;/m0./s1. The van der Waals surface area contributed by atoms with Crippen molar-refractivity contribution in [2.45, 2.75) is 55.5 Å². The fraction of sp³-hybridized carbons (Fsp3) is 0.647. The molecular formula is C17H22F3NO3S. The highest BCUT2D eigenvalue weighted by molar-refractivity contribution is 7.86. The van der Waals surface area contributed by atoms with Gasteiger partial charge in [0.15, 0.2) is 10.1 Å². The van der Waals surface area contributed by atoms with Crippen LogP contribution in [-0.2, 0) is 22.0 Å². The predicted molar refractivity (Wildman–Crippen MR) is 84.7 cm³/mol. The van der Waals surface area contributed by atoms with Gasteiger partial charge in [-0.2, -0.15) is 13.2 Å². The quantitative estimate of drug-likeness (QED) is 0.556. The molecule has 1 aromatic carbocycles. The first kappa shape index (κ1) is 18.7. The van der Waals surface area contributed by atoms with E-state index in [4.69, 9.17) is 13.0 Å². The highest BCUT2D eigenvalue weighted by Crippen LogP contribution is 2.52. The van der Waals surface area contributed by atoms with Gasteiger partial charge in [-0.25, -0.2) is 8.42 Å². The van der Waals surface area contributed by atoms with Gasteiger partial charge >= 0.3 is 5.51 Å². The molecule has 1 saturated heterocycles. The second-order valence-electron chi connectivity index (χ2n) is 7.21. The molecule has 3 atom stereocenters. The lowest BCUT2D eigenvalue weighted by Crippen LogP contribution is -2.96. The first-order chi connectivity index (χ1) is 11.7. The van der Waals surface area contributed by atoms with Crippen LogP contribution in [0.3, 0.4) is 0 Å². The Morgan fingerprint density at radius 3 is 2.52 bits per heavy atom. The third-order valence-electron chi connectivity index (χ3n) is 5.97. The molecule has 140 valence electrons. The molecule has 1 heterocycles. The number of piperidine rings is 1. The third-order valence-corrected chi connectivity index (χ3v) is 6.53. The summed E-state index contributed by atoms with van der Waals surface area (Å²) in [6, 6.07) is 10.2. The maximum Gasteiger partial charge on any atom is 0.485 e. The first-order valence-corrected chi connectivity index (χ1v) is 10.00. The van der Waals surface area contributed by atoms with E-state index in [1.54, 1.807) is 11.1 Å². The van der Waals surface area contributed by atoms with Crippen molar-refractivity contribution in [1.29, 1.82) is 0 Å². The van der Waals surface area contributed by atoms with Crippen LogP contribution in [0.1, 0.15) is 43.2 Å². The van der Waals surface area contributed by atoms with Gasteiger partial charge in [0.2, 0.25) is 0 Å². The van der Waals surface area contributed by atoms with Crippen LogP contribution in [0, 0.1) is 5.92 Å². The maximum atomic E-state index is 10.7. The molecule has 25 heavy (non-hydrogen) atoms. The van der Waals surface area contributed by atoms with E-state index >= 15 is 0 Å². The average molecular weight is 377 g/mol. The normalized spacial score (nSPS) is 31.2. The second-order valence-corrected chi connectivity index (χ2v) is 8.58. The van der Waals surface area contributed by atoms with E-state index in [2.05, 4.69) is 29.6 Å². The van der Waals surface area contributed by atoms with E-state index < -0.39 is 15.6 Å². The molecule has 0 spiro atoms. The Bertz CT molecular complexity index is 731. The van der Waals surface area contributed by atoms with Crippen molar-refractivity contribution in [3.05, 3.63) is 35.4 Å². The Labute approximate surface area is 145 Å². The van der Waals surface area contributed by atoms with Gasteiger partial charge in [-0.05, 0) is 24.0 Å². The van der Waals surface area contributed by atoms with Crippen molar-refractivity contribution in [3.63, 3.8) is 0 Å². The lowest BCUT2D eigenvalue weighted by molar-refractivity contribution is -0.710. The molecule has 3 aliphatic rings. The molecule has 2 N–H and O–H groups in total. The fourth-order valence-corrected chi connectivity index (χ4v) is 5.05. The van der Waals surface area contributed by atoms with Gasteiger partial charge in [0.25, 0.3) is 0 Å². The zero-order chi connectivity index (χ0) is 18.3. The van der Waals surface area contributed by atoms with Crippen molar-refractivity contribution in [1.82, 2.24) is 0 Å². The van der Waals surface area contributed by atoms with Gasteiger partial charge in [0.1, 0.15) is 0 Å². The summed E-state index contributed by atoms with van der Waals surface area (Å²) >= 11 is 0. The molecule has 4 rings (SSSR count). The lowest BCUT2D eigenvalue weighted by Gasteiger charge is -2.53. The Hall–Kier alpha value is -1.12. The van der Waals surface area contributed by atoms with Crippen molar-refractivity contribution in [2.24, 2.45) is 5.92 Å². The summed E-state index contributed by atoms with van der Waals surface area (Å²) in [7, 11) is -6.09. The van der Waals surface area contributed by atoms with Crippen LogP contribution in [0.25, 0.3) is 0 Å². The maximum absolute atomic E-state index is 10.7. The Morgan fingerprint density at radius 2 is 1.84 bits per heavy atom. The summed E-state index contributed by atoms with van der Waals surface area (Å²) < 4.78 is 58.9. The van der Waals surface area contributed by atoms with Crippen LogP contribution < -0.4 is 5.32 Å². The molecule has 0 radical (unpaired) electrons. The van der Waals surface area contributed by atoms with Crippen molar-refractivity contribution in [3.8, 4) is 0 Å². The van der Waals surface area contributed by atoms with Gasteiger partial charge in [-0.3, -0.25) is 0 Å². The Morgan fingerprint density at radius 1 is 1.16 bits per heavy atom. The van der Waals surface area contributed by atoms with Crippen LogP contribution in [0.15, 0.2) is 24.3 Å². The van der Waals surface area contributed by atoms with Gasteiger partial charge in [-0.1, -0.05) is 37.1 Å². The van der Waals surface area contributed by atoms with Gasteiger partial charge in [0, 0.05) is 24.2 Å². The van der Waals surface area contributed by atoms with Crippen molar-refractivity contribution in [2.75, 3.05) is 6.54 Å². The average Bonchev–Trinajstić information content (AvgIpc) is 2.53. The summed E-state index contributed by atoms with van der Waals surface area (Å²) in [6.07, 6.45) is 8.61. The van der Waals surface area contributed by atoms with Crippen molar-refractivity contribution >= 4 is 10.1 Å². The molecule has 1 saturated carbocycles. The molecule has 2 fully saturated rings. The number of benzene rings is 1. The van der Waals surface area contributed by atoms with E-state index in [1.807, 2.05) is 0 Å². The molecule has 1 aromatic rings. The number of rotatable bonds is 0. The molecule has 1 aliphatic heterocycles. The van der Waals surface area contributed by atoms with Crippen LogP contribution in [0.5, 0.6) is 0 Å². The smallest absolute Gasteiger partial charge is 0.485 e. The highest BCUT2D eigenvalue weighted by Gasteiger charge is 2.53. The zero-order valence-corrected chi connectivity index (χ0v) is 14.6. The van der Waals surface area contributed by atoms with Crippen molar-refractivity contribution < 1.29 is 31.5 Å². The zero-order valence-electron chi connectivity index (χ0n) is 13.8. The van der Waals surface area contributed by atoms with Gasteiger partial charge in [0.05, 0.1) is 12.6 Å². The fourth-order valence-electron chi connectivity index (χ4n) is 5.05. The molecule has 4 nitrogen and oxygen atoms in total. The molecule has 0 amide bonds. The molecule has 0 aromatic heterocycles. The predicted octanol–water partition coefficient (Wildman–Crippen LogP) is 2.06. The number of hydrogen-bond donors (Lipinski definition) is 1.